The van der Waals surface area contributed by atoms with E-state index in [9.17, 15) is 0 Å². The zero-order valence-electron chi connectivity index (χ0n) is 13.7. The van der Waals surface area contributed by atoms with Crippen LogP contribution in [0.25, 0.3) is 0 Å². The van der Waals surface area contributed by atoms with Gasteiger partial charge >= 0.3 is 0 Å². The Morgan fingerprint density at radius 1 is 1.00 bits per heavy atom. The summed E-state index contributed by atoms with van der Waals surface area (Å²) in [5.41, 5.74) is 0.476. The molecule has 0 aromatic rings. The van der Waals surface area contributed by atoms with E-state index in [4.69, 9.17) is 0 Å². The lowest BCUT2D eigenvalue weighted by Gasteiger charge is -2.48. The monoisotopic (exact) mass is 266 g/mol. The molecule has 0 aromatic heterocycles. The van der Waals surface area contributed by atoms with Gasteiger partial charge in [-0.2, -0.15) is 0 Å². The number of hydrogen-bond acceptors (Lipinski definition) is 2. The number of nitrogens with one attached hydrogen (secondary N) is 1. The quantitative estimate of drug-likeness (QED) is 0.822. The first-order valence-electron chi connectivity index (χ1n) is 8.34. The second-order valence-electron chi connectivity index (χ2n) is 8.12. The topological polar surface area (TPSA) is 15.3 Å². The maximum Gasteiger partial charge on any atom is 0.00727 e. The minimum atomic E-state index is 0.476. The van der Waals surface area contributed by atoms with Crippen molar-refractivity contribution in [2.75, 3.05) is 19.6 Å². The molecule has 2 heteroatoms. The molecular weight excluding hydrogens is 232 g/mol. The highest BCUT2D eigenvalue weighted by Gasteiger charge is 2.37. The Morgan fingerprint density at radius 2 is 1.53 bits per heavy atom. The van der Waals surface area contributed by atoms with Crippen molar-refractivity contribution in [1.82, 2.24) is 10.2 Å². The van der Waals surface area contributed by atoms with Crippen LogP contribution < -0.4 is 5.32 Å². The van der Waals surface area contributed by atoms with Crippen molar-refractivity contribution >= 4 is 0 Å². The molecule has 0 aromatic carbocycles. The summed E-state index contributed by atoms with van der Waals surface area (Å²) in [6.45, 7) is 15.9. The second kappa shape index (κ2) is 6.13. The molecule has 112 valence electrons. The van der Waals surface area contributed by atoms with E-state index in [2.05, 4.69) is 44.8 Å². The first kappa shape index (κ1) is 15.3. The Hall–Kier alpha value is -0.0800. The Labute approximate surface area is 120 Å². The molecule has 2 rings (SSSR count). The molecule has 0 amide bonds. The molecule has 2 saturated heterocycles. The first-order chi connectivity index (χ1) is 8.88. The third-order valence-corrected chi connectivity index (χ3v) is 5.54. The van der Waals surface area contributed by atoms with E-state index in [-0.39, 0.29) is 0 Å². The van der Waals surface area contributed by atoms with Crippen LogP contribution in [0.1, 0.15) is 60.3 Å². The van der Waals surface area contributed by atoms with Crippen molar-refractivity contribution in [1.29, 1.82) is 0 Å². The molecule has 0 saturated carbocycles. The second-order valence-corrected chi connectivity index (χ2v) is 8.12. The Morgan fingerprint density at radius 3 is 2.00 bits per heavy atom. The summed E-state index contributed by atoms with van der Waals surface area (Å²) in [4.78, 5) is 2.80. The molecule has 2 fully saturated rings. The van der Waals surface area contributed by atoms with Crippen LogP contribution in [-0.4, -0.2) is 36.6 Å². The van der Waals surface area contributed by atoms with Crippen LogP contribution in [0.4, 0.5) is 0 Å². The Balaban J connectivity index is 1.91. The summed E-state index contributed by atoms with van der Waals surface area (Å²) in [5.74, 6) is 1.82. The molecule has 0 radical (unpaired) electrons. The zero-order valence-corrected chi connectivity index (χ0v) is 13.7. The largest absolute Gasteiger partial charge is 0.317 e. The van der Waals surface area contributed by atoms with E-state index in [1.54, 1.807) is 0 Å². The molecule has 19 heavy (non-hydrogen) atoms. The SMILES string of the molecule is CC1CC(C(C)(C)C)CC(C)N1CC1CCNCC1. The van der Waals surface area contributed by atoms with Gasteiger partial charge in [0.1, 0.15) is 0 Å². The summed E-state index contributed by atoms with van der Waals surface area (Å²) >= 11 is 0. The molecule has 2 aliphatic rings. The summed E-state index contributed by atoms with van der Waals surface area (Å²) < 4.78 is 0. The predicted octanol–water partition coefficient (Wildman–Crippen LogP) is 3.52. The van der Waals surface area contributed by atoms with Crippen LogP contribution in [0.15, 0.2) is 0 Å². The van der Waals surface area contributed by atoms with Crippen LogP contribution in [0.5, 0.6) is 0 Å². The predicted molar refractivity (Wildman–Crippen MR) is 83.4 cm³/mol. The average molecular weight is 266 g/mol. The van der Waals surface area contributed by atoms with Gasteiger partial charge in [-0.25, -0.2) is 0 Å². The fourth-order valence-electron chi connectivity index (χ4n) is 4.05. The summed E-state index contributed by atoms with van der Waals surface area (Å²) in [7, 11) is 0. The third kappa shape index (κ3) is 3.95. The zero-order chi connectivity index (χ0) is 14.0. The molecule has 0 spiro atoms. The maximum atomic E-state index is 3.48. The van der Waals surface area contributed by atoms with E-state index in [0.29, 0.717) is 5.41 Å². The van der Waals surface area contributed by atoms with Gasteiger partial charge < -0.3 is 5.32 Å². The van der Waals surface area contributed by atoms with Crippen molar-refractivity contribution in [3.05, 3.63) is 0 Å². The Bertz CT molecular complexity index is 263. The van der Waals surface area contributed by atoms with Gasteiger partial charge in [-0.1, -0.05) is 20.8 Å². The minimum Gasteiger partial charge on any atom is -0.317 e. The number of likely N-dealkylation sites (tertiary alicyclic amines) is 1. The summed E-state index contributed by atoms with van der Waals surface area (Å²) in [6.07, 6.45) is 5.52. The molecule has 2 heterocycles. The number of hydrogen-bond donors (Lipinski definition) is 1. The van der Waals surface area contributed by atoms with Gasteiger partial charge in [-0.3, -0.25) is 4.90 Å². The molecule has 2 nitrogen and oxygen atoms in total. The number of rotatable bonds is 2. The highest BCUT2D eigenvalue weighted by Crippen LogP contribution is 2.39. The molecule has 2 atom stereocenters. The van der Waals surface area contributed by atoms with Gasteiger partial charge in [0.15, 0.2) is 0 Å². The van der Waals surface area contributed by atoms with Gasteiger partial charge in [0.05, 0.1) is 0 Å². The van der Waals surface area contributed by atoms with Crippen LogP contribution in [-0.2, 0) is 0 Å². The van der Waals surface area contributed by atoms with Crippen molar-refractivity contribution < 1.29 is 0 Å². The van der Waals surface area contributed by atoms with Gasteiger partial charge in [0.25, 0.3) is 0 Å². The van der Waals surface area contributed by atoms with Gasteiger partial charge in [0.2, 0.25) is 0 Å². The molecule has 2 aliphatic heterocycles. The normalized spacial score (nSPS) is 35.5. The molecular formula is C17H34N2. The lowest BCUT2D eigenvalue weighted by atomic mass is 9.71. The average Bonchev–Trinajstić information content (AvgIpc) is 2.33. The Kier molecular flexibility index (Phi) is 4.94. The van der Waals surface area contributed by atoms with Crippen molar-refractivity contribution in [3.63, 3.8) is 0 Å². The van der Waals surface area contributed by atoms with Crippen LogP contribution in [0.2, 0.25) is 0 Å². The van der Waals surface area contributed by atoms with Crippen LogP contribution >= 0.6 is 0 Å². The van der Waals surface area contributed by atoms with Crippen molar-refractivity contribution in [2.24, 2.45) is 17.3 Å². The van der Waals surface area contributed by atoms with E-state index < -0.39 is 0 Å². The standard InChI is InChI=1S/C17H34N2/c1-13-10-16(17(3,4)5)11-14(2)19(13)12-15-6-8-18-9-7-15/h13-16,18H,6-12H2,1-5H3. The van der Waals surface area contributed by atoms with E-state index in [1.807, 2.05) is 0 Å². The van der Waals surface area contributed by atoms with Gasteiger partial charge in [-0.05, 0) is 69.9 Å². The van der Waals surface area contributed by atoms with E-state index in [1.165, 1.54) is 45.3 Å². The molecule has 0 aliphatic carbocycles. The van der Waals surface area contributed by atoms with Crippen LogP contribution in [0, 0.1) is 17.3 Å². The van der Waals surface area contributed by atoms with Gasteiger partial charge in [-0.15, -0.1) is 0 Å². The number of nitrogens with zero attached hydrogens (tertiary/aromatic N) is 1. The fourth-order valence-corrected chi connectivity index (χ4v) is 4.05. The van der Waals surface area contributed by atoms with Crippen molar-refractivity contribution in [3.8, 4) is 0 Å². The smallest absolute Gasteiger partial charge is 0.00727 e. The van der Waals surface area contributed by atoms with Gasteiger partial charge in [0, 0.05) is 18.6 Å². The number of piperidine rings is 2. The minimum absolute atomic E-state index is 0.476. The van der Waals surface area contributed by atoms with Crippen LogP contribution in [0.3, 0.4) is 0 Å². The summed E-state index contributed by atoms with van der Waals surface area (Å²) in [5, 5.41) is 3.48. The third-order valence-electron chi connectivity index (χ3n) is 5.54. The lowest BCUT2D eigenvalue weighted by molar-refractivity contribution is 0.0156. The van der Waals surface area contributed by atoms with Crippen molar-refractivity contribution in [2.45, 2.75) is 72.4 Å². The maximum absolute atomic E-state index is 3.48. The highest BCUT2D eigenvalue weighted by molar-refractivity contribution is 4.90. The highest BCUT2D eigenvalue weighted by atomic mass is 15.2. The first-order valence-corrected chi connectivity index (χ1v) is 8.34. The molecule has 0 bridgehead atoms. The fraction of sp³-hybridized carbons (Fsp3) is 1.00. The molecule has 2 unspecified atom stereocenters. The molecule has 1 N–H and O–H groups in total. The summed E-state index contributed by atoms with van der Waals surface area (Å²) in [6, 6.07) is 1.53. The van der Waals surface area contributed by atoms with E-state index >= 15 is 0 Å². The van der Waals surface area contributed by atoms with E-state index in [0.717, 1.165) is 23.9 Å². The lowest BCUT2D eigenvalue weighted by Crippen LogP contribution is -2.51.